The number of methoxy groups -OCH3 is 1. The van der Waals surface area contributed by atoms with E-state index in [1.807, 2.05) is 42.6 Å². The van der Waals surface area contributed by atoms with E-state index in [1.165, 1.54) is 11.3 Å². The summed E-state index contributed by atoms with van der Waals surface area (Å²) in [6.07, 6.45) is 1.82. The number of anilines is 2. The second-order valence-electron chi connectivity index (χ2n) is 10.3. The van der Waals surface area contributed by atoms with E-state index >= 15 is 0 Å². The Labute approximate surface area is 259 Å². The lowest BCUT2D eigenvalue weighted by molar-refractivity contribution is 0.146. The van der Waals surface area contributed by atoms with Gasteiger partial charge in [-0.25, -0.2) is 0 Å². The van der Waals surface area contributed by atoms with Crippen molar-refractivity contribution in [3.63, 3.8) is 0 Å². The van der Waals surface area contributed by atoms with Crippen LogP contribution >= 0.6 is 23.8 Å². The molecule has 0 aliphatic carbocycles. The smallest absolute Gasteiger partial charge is 0.174 e. The summed E-state index contributed by atoms with van der Waals surface area (Å²) in [5, 5.41) is 4.70. The molecule has 1 N–H and O–H groups in total. The quantitative estimate of drug-likeness (QED) is 0.144. The Morgan fingerprint density at radius 1 is 0.976 bits per heavy atom. The van der Waals surface area contributed by atoms with Crippen molar-refractivity contribution >= 4 is 40.3 Å². The molecule has 1 saturated heterocycles. The van der Waals surface area contributed by atoms with Crippen LogP contribution in [0.15, 0.2) is 72.9 Å². The van der Waals surface area contributed by atoms with Crippen LogP contribution in [0.25, 0.3) is 5.69 Å². The number of nitrogens with zero attached hydrogens (tertiary/aromatic N) is 4. The number of thiocarbonyl (C=S) groups is 1. The molecule has 0 unspecified atom stereocenters. The maximum absolute atomic E-state index is 6.70. The summed E-state index contributed by atoms with van der Waals surface area (Å²) in [7, 11) is 1.64. The molecule has 220 valence electrons. The standard InChI is InChI=1S/C33H38ClN5O2S/c1-6-37(7-2)24-11-13-25(14-12-24)38-22(3)20-27(23(38)4)32-31(29-10-8-9-17-35-29)36-33(42)39(32)26-15-16-30(28(34)21-26)41-19-18-40-5/h8-17,20-21,31-32H,6-7,18-19H2,1-5H3,(H,36,42)/t31-,32-/m1/s1. The third-order valence-electron chi connectivity index (χ3n) is 7.86. The predicted molar refractivity (Wildman–Crippen MR) is 176 cm³/mol. The second-order valence-corrected chi connectivity index (χ2v) is 11.1. The minimum absolute atomic E-state index is 0.154. The number of rotatable bonds is 11. The number of aryl methyl sites for hydroxylation is 1. The molecule has 1 aliphatic rings. The van der Waals surface area contributed by atoms with Crippen molar-refractivity contribution in [2.24, 2.45) is 0 Å². The van der Waals surface area contributed by atoms with Gasteiger partial charge in [-0.3, -0.25) is 4.98 Å². The molecule has 0 bridgehead atoms. The lowest BCUT2D eigenvalue weighted by atomic mass is 9.96. The third-order valence-corrected chi connectivity index (χ3v) is 8.47. The van der Waals surface area contributed by atoms with Crippen LogP contribution in [0.1, 0.15) is 48.6 Å². The zero-order valence-corrected chi connectivity index (χ0v) is 26.4. The van der Waals surface area contributed by atoms with Crippen molar-refractivity contribution in [2.75, 3.05) is 43.2 Å². The van der Waals surface area contributed by atoms with Crippen molar-refractivity contribution in [3.05, 3.63) is 101 Å². The molecule has 9 heteroatoms. The van der Waals surface area contributed by atoms with Gasteiger partial charge in [0.1, 0.15) is 12.4 Å². The zero-order valence-electron chi connectivity index (χ0n) is 24.8. The molecule has 2 aromatic heterocycles. The van der Waals surface area contributed by atoms with Crippen LogP contribution in [0.5, 0.6) is 5.75 Å². The summed E-state index contributed by atoms with van der Waals surface area (Å²) in [4.78, 5) is 9.21. The molecule has 5 rings (SSSR count). The minimum Gasteiger partial charge on any atom is -0.490 e. The van der Waals surface area contributed by atoms with Gasteiger partial charge in [-0.05, 0) is 106 Å². The molecular weight excluding hydrogens is 566 g/mol. The first-order valence-corrected chi connectivity index (χ1v) is 15.1. The van der Waals surface area contributed by atoms with Crippen molar-refractivity contribution < 1.29 is 9.47 Å². The van der Waals surface area contributed by atoms with Gasteiger partial charge in [0.2, 0.25) is 0 Å². The molecular formula is C33H38ClN5O2S. The fraction of sp³-hybridized carbons (Fsp3) is 0.333. The highest BCUT2D eigenvalue weighted by atomic mass is 35.5. The molecule has 1 aliphatic heterocycles. The van der Waals surface area contributed by atoms with Crippen molar-refractivity contribution in [3.8, 4) is 11.4 Å². The third kappa shape index (κ3) is 5.84. The topological polar surface area (TPSA) is 54.8 Å². The number of aromatic nitrogens is 2. The lowest BCUT2D eigenvalue weighted by Crippen LogP contribution is -2.29. The number of hydrogen-bond acceptors (Lipinski definition) is 5. The SMILES string of the molecule is CCN(CC)c1ccc(-n2c(C)cc([C@@H]3[C@@H](c4ccccn4)NC(=S)N3c3ccc(OCCOC)c(Cl)c3)c2C)cc1. The average molecular weight is 604 g/mol. The Morgan fingerprint density at radius 2 is 1.71 bits per heavy atom. The number of benzene rings is 2. The maximum atomic E-state index is 6.70. The van der Waals surface area contributed by atoms with Crippen LogP contribution in [0, 0.1) is 13.8 Å². The van der Waals surface area contributed by atoms with Crippen LogP contribution < -0.4 is 19.9 Å². The largest absolute Gasteiger partial charge is 0.490 e. The Balaban J connectivity index is 1.57. The highest BCUT2D eigenvalue weighted by Gasteiger charge is 2.42. The van der Waals surface area contributed by atoms with E-state index in [-0.39, 0.29) is 12.1 Å². The molecule has 0 saturated carbocycles. The molecule has 0 amide bonds. The summed E-state index contributed by atoms with van der Waals surface area (Å²) in [6.45, 7) is 11.6. The Hall–Kier alpha value is -3.59. The maximum Gasteiger partial charge on any atom is 0.174 e. The molecule has 4 aromatic rings. The fourth-order valence-corrected chi connectivity index (χ4v) is 6.40. The van der Waals surface area contributed by atoms with Gasteiger partial charge in [0.25, 0.3) is 0 Å². The summed E-state index contributed by atoms with van der Waals surface area (Å²) >= 11 is 12.7. The van der Waals surface area contributed by atoms with E-state index in [0.29, 0.717) is 29.1 Å². The number of nitrogens with one attached hydrogen (secondary N) is 1. The molecule has 7 nitrogen and oxygen atoms in total. The van der Waals surface area contributed by atoms with Crippen LogP contribution in [0.3, 0.4) is 0 Å². The first kappa shape index (κ1) is 29.9. The molecule has 0 spiro atoms. The van der Waals surface area contributed by atoms with E-state index in [0.717, 1.165) is 41.5 Å². The minimum atomic E-state index is -0.158. The Bertz CT molecular complexity index is 1520. The molecule has 2 atom stereocenters. The van der Waals surface area contributed by atoms with E-state index < -0.39 is 0 Å². The molecule has 2 aromatic carbocycles. The fourth-order valence-electron chi connectivity index (χ4n) is 5.83. The van der Waals surface area contributed by atoms with Gasteiger partial charge in [-0.15, -0.1) is 0 Å². The highest BCUT2D eigenvalue weighted by Crippen LogP contribution is 2.45. The monoisotopic (exact) mass is 603 g/mol. The number of halogens is 1. The Kier molecular flexibility index (Phi) is 9.36. The molecule has 3 heterocycles. The number of ether oxygens (including phenoxy) is 2. The van der Waals surface area contributed by atoms with E-state index in [2.05, 4.69) is 77.7 Å². The summed E-state index contributed by atoms with van der Waals surface area (Å²) in [6, 6.07) is 22.5. The molecule has 42 heavy (non-hydrogen) atoms. The van der Waals surface area contributed by atoms with E-state index in [4.69, 9.17) is 38.3 Å². The van der Waals surface area contributed by atoms with Crippen LogP contribution in [-0.4, -0.2) is 48.1 Å². The first-order valence-electron chi connectivity index (χ1n) is 14.3. The normalized spacial score (nSPS) is 16.5. The van der Waals surface area contributed by atoms with Crippen molar-refractivity contribution in [1.82, 2.24) is 14.9 Å². The second kappa shape index (κ2) is 13.2. The summed E-state index contributed by atoms with van der Waals surface area (Å²) in [5.41, 5.74) is 7.62. The van der Waals surface area contributed by atoms with E-state index in [1.54, 1.807) is 7.11 Å². The van der Waals surface area contributed by atoms with Gasteiger partial charge in [-0.2, -0.15) is 0 Å². The molecule has 0 radical (unpaired) electrons. The number of hydrogen-bond donors (Lipinski definition) is 1. The lowest BCUT2D eigenvalue weighted by Gasteiger charge is -2.28. The van der Waals surface area contributed by atoms with Crippen LogP contribution in [0.2, 0.25) is 5.02 Å². The van der Waals surface area contributed by atoms with Crippen LogP contribution in [-0.2, 0) is 4.74 Å². The average Bonchev–Trinajstić information content (AvgIpc) is 3.50. The van der Waals surface area contributed by atoms with Gasteiger partial charge in [0.05, 0.1) is 29.4 Å². The molecule has 1 fully saturated rings. The predicted octanol–water partition coefficient (Wildman–Crippen LogP) is 7.19. The highest BCUT2D eigenvalue weighted by molar-refractivity contribution is 7.80. The van der Waals surface area contributed by atoms with Crippen molar-refractivity contribution in [1.29, 1.82) is 0 Å². The Morgan fingerprint density at radius 3 is 2.36 bits per heavy atom. The summed E-state index contributed by atoms with van der Waals surface area (Å²) in [5.74, 6) is 0.611. The zero-order chi connectivity index (χ0) is 29.8. The van der Waals surface area contributed by atoms with Gasteiger partial charge < -0.3 is 29.2 Å². The first-order chi connectivity index (χ1) is 20.4. The van der Waals surface area contributed by atoms with Crippen LogP contribution in [0.4, 0.5) is 11.4 Å². The van der Waals surface area contributed by atoms with Gasteiger partial charge in [-0.1, -0.05) is 17.7 Å². The van der Waals surface area contributed by atoms with Gasteiger partial charge in [0.15, 0.2) is 5.11 Å². The van der Waals surface area contributed by atoms with Crippen molar-refractivity contribution in [2.45, 2.75) is 39.8 Å². The van der Waals surface area contributed by atoms with Gasteiger partial charge >= 0.3 is 0 Å². The van der Waals surface area contributed by atoms with E-state index in [9.17, 15) is 0 Å². The number of pyridine rings is 1. The van der Waals surface area contributed by atoms with Gasteiger partial charge in [0, 0.05) is 54.8 Å². The summed E-state index contributed by atoms with van der Waals surface area (Å²) < 4.78 is 13.2.